The first kappa shape index (κ1) is 40.0. The molecule has 0 aliphatic heterocycles. The van der Waals surface area contributed by atoms with Crippen molar-refractivity contribution in [1.82, 2.24) is 0 Å². The molecule has 0 heterocycles. The lowest BCUT2D eigenvalue weighted by atomic mass is 9.80. The fourth-order valence-corrected chi connectivity index (χ4v) is 11.5. The molecule has 62 heavy (non-hydrogen) atoms. The molecule has 2 nitrogen and oxygen atoms in total. The van der Waals surface area contributed by atoms with E-state index in [0.29, 0.717) is 0 Å². The van der Waals surface area contributed by atoms with Gasteiger partial charge in [-0.25, -0.2) is 0 Å². The Hall–Kier alpha value is -6.12. The molecule has 0 amide bonds. The Kier molecular flexibility index (Phi) is 9.16. The number of allylic oxidation sites excluding steroid dienone is 4. The first-order valence-corrected chi connectivity index (χ1v) is 22.6. The van der Waals surface area contributed by atoms with Gasteiger partial charge in [-0.05, 0) is 188 Å². The molecule has 0 aromatic heterocycles. The van der Waals surface area contributed by atoms with Crippen molar-refractivity contribution < 1.29 is 0 Å². The van der Waals surface area contributed by atoms with E-state index in [0.717, 1.165) is 12.8 Å². The lowest BCUT2D eigenvalue weighted by Gasteiger charge is -2.33. The van der Waals surface area contributed by atoms with Crippen molar-refractivity contribution in [3.05, 3.63) is 194 Å². The molecule has 0 saturated heterocycles. The summed E-state index contributed by atoms with van der Waals surface area (Å²) in [5.41, 5.74) is 28.8. The van der Waals surface area contributed by atoms with E-state index in [9.17, 15) is 0 Å². The summed E-state index contributed by atoms with van der Waals surface area (Å²) in [6.07, 6.45) is 4.51. The third kappa shape index (κ3) is 6.04. The summed E-state index contributed by atoms with van der Waals surface area (Å²) in [7, 11) is 0. The molecule has 10 rings (SSSR count). The maximum atomic E-state index is 2.56. The van der Waals surface area contributed by atoms with Gasteiger partial charge >= 0.3 is 0 Å². The molecular formula is C60H60N2. The second-order valence-electron chi connectivity index (χ2n) is 19.9. The van der Waals surface area contributed by atoms with Crippen LogP contribution in [0, 0.1) is 41.5 Å². The minimum absolute atomic E-state index is 0.161. The smallest absolute Gasteiger partial charge is 0.0491 e. The number of hydrogen-bond acceptors (Lipinski definition) is 2. The zero-order valence-corrected chi connectivity index (χ0v) is 38.9. The van der Waals surface area contributed by atoms with Gasteiger partial charge in [-0.1, -0.05) is 129 Å². The van der Waals surface area contributed by atoms with Crippen molar-refractivity contribution in [3.8, 4) is 22.3 Å². The Bertz CT molecular complexity index is 3060. The minimum atomic E-state index is -0.173. The zero-order chi connectivity index (χ0) is 43.6. The maximum Gasteiger partial charge on any atom is 0.0491 e. The summed E-state index contributed by atoms with van der Waals surface area (Å²) in [5.74, 6) is 0. The summed E-state index contributed by atoms with van der Waals surface area (Å²) >= 11 is 0. The van der Waals surface area contributed by atoms with Crippen molar-refractivity contribution >= 4 is 39.2 Å². The molecule has 3 aliphatic rings. The van der Waals surface area contributed by atoms with Gasteiger partial charge in [0.1, 0.15) is 0 Å². The van der Waals surface area contributed by atoms with Crippen molar-refractivity contribution in [1.29, 1.82) is 0 Å². The highest BCUT2D eigenvalue weighted by Gasteiger charge is 2.41. The summed E-state index contributed by atoms with van der Waals surface area (Å²) in [6, 6.07) is 44.9. The van der Waals surface area contributed by atoms with Crippen LogP contribution in [0.15, 0.2) is 138 Å². The maximum absolute atomic E-state index is 2.56. The molecule has 0 bridgehead atoms. The third-order valence-electron chi connectivity index (χ3n) is 14.7. The Morgan fingerprint density at radius 2 is 0.823 bits per heavy atom. The van der Waals surface area contributed by atoms with Gasteiger partial charge in [0, 0.05) is 45.0 Å². The van der Waals surface area contributed by atoms with Gasteiger partial charge in [0.05, 0.1) is 0 Å². The molecular weight excluding hydrogens is 749 g/mol. The minimum Gasteiger partial charge on any atom is -0.314 e. The van der Waals surface area contributed by atoms with Crippen molar-refractivity contribution in [2.24, 2.45) is 0 Å². The predicted octanol–water partition coefficient (Wildman–Crippen LogP) is 16.9. The van der Waals surface area contributed by atoms with E-state index in [1.54, 1.807) is 0 Å². The number of anilines is 5. The average Bonchev–Trinajstić information content (AvgIpc) is 3.60. The number of aryl methyl sites for hydroxylation is 6. The second kappa shape index (κ2) is 14.2. The standard InChI is InChI=1S/C60H60N2/c1-35-13-25-53(39(5)29-35)61(54-26-14-36(2)30-40(54)6)43-17-19-47-51(33-43)59(9,10)49-23-21-46-45(57(47)49)22-24-50-58(46)48-20-18-44(34-52(48)60(50,11)12)62(55-27-15-37(3)31-41(55)7)56-28-16-38(4)32-42(56)8/h13-15,17-27,29-34H,16,28H2,1-12H3. The highest BCUT2D eigenvalue weighted by molar-refractivity contribution is 6.11. The first-order chi connectivity index (χ1) is 29.5. The molecule has 0 atom stereocenters. The van der Waals surface area contributed by atoms with Crippen LogP contribution in [-0.2, 0) is 10.8 Å². The number of rotatable bonds is 6. The largest absolute Gasteiger partial charge is 0.314 e. The van der Waals surface area contributed by atoms with E-state index in [-0.39, 0.29) is 10.8 Å². The third-order valence-corrected chi connectivity index (χ3v) is 14.7. The molecule has 310 valence electrons. The molecule has 0 N–H and O–H groups in total. The van der Waals surface area contributed by atoms with Gasteiger partial charge in [0.2, 0.25) is 0 Å². The van der Waals surface area contributed by atoms with E-state index in [2.05, 4.69) is 214 Å². The SMILES string of the molecule is CC1=CC(C)=C(N(c2ccc3c(c2)C(C)(C)c2ccc4c5c(ccc4c2-3)C(C)(C)c2cc(N(c3ccc(C)cc3C)c3ccc(C)cc3C)ccc2-5)c2ccc(C)cc2C)CC1. The number of benzene rings is 7. The van der Waals surface area contributed by atoms with Crippen LogP contribution in [0.5, 0.6) is 0 Å². The van der Waals surface area contributed by atoms with E-state index < -0.39 is 0 Å². The highest BCUT2D eigenvalue weighted by atomic mass is 15.2. The highest BCUT2D eigenvalue weighted by Crippen LogP contribution is 2.58. The molecule has 2 heteroatoms. The van der Waals surface area contributed by atoms with E-state index in [1.165, 1.54) is 134 Å². The van der Waals surface area contributed by atoms with Crippen LogP contribution in [0.4, 0.5) is 28.4 Å². The number of fused-ring (bicyclic) bond motifs is 9. The zero-order valence-electron chi connectivity index (χ0n) is 38.9. The molecule has 3 aliphatic carbocycles. The van der Waals surface area contributed by atoms with Crippen LogP contribution in [0.3, 0.4) is 0 Å². The van der Waals surface area contributed by atoms with E-state index in [4.69, 9.17) is 0 Å². The fraction of sp³-hybridized carbons (Fsp3) is 0.267. The lowest BCUT2D eigenvalue weighted by Crippen LogP contribution is -2.21. The van der Waals surface area contributed by atoms with Crippen molar-refractivity contribution in [3.63, 3.8) is 0 Å². The van der Waals surface area contributed by atoms with Gasteiger partial charge < -0.3 is 9.80 Å². The lowest BCUT2D eigenvalue weighted by molar-refractivity contribution is 0.659. The molecule has 7 aromatic rings. The van der Waals surface area contributed by atoms with Crippen LogP contribution < -0.4 is 9.80 Å². The van der Waals surface area contributed by atoms with E-state index in [1.807, 2.05) is 0 Å². The van der Waals surface area contributed by atoms with Crippen LogP contribution in [-0.4, -0.2) is 0 Å². The Labute approximate surface area is 370 Å². The molecule has 0 spiro atoms. The molecule has 0 unspecified atom stereocenters. The molecule has 7 aromatic carbocycles. The average molecular weight is 809 g/mol. The quantitative estimate of drug-likeness (QED) is 0.165. The fourth-order valence-electron chi connectivity index (χ4n) is 11.5. The second-order valence-corrected chi connectivity index (χ2v) is 19.9. The van der Waals surface area contributed by atoms with Crippen LogP contribution >= 0.6 is 0 Å². The Morgan fingerprint density at radius 3 is 1.24 bits per heavy atom. The summed E-state index contributed by atoms with van der Waals surface area (Å²) in [4.78, 5) is 5.04. The van der Waals surface area contributed by atoms with Crippen LogP contribution in [0.2, 0.25) is 0 Å². The normalized spacial score (nSPS) is 15.6. The number of nitrogens with zero attached hydrogens (tertiary/aromatic N) is 2. The molecule has 0 saturated carbocycles. The first-order valence-electron chi connectivity index (χ1n) is 22.6. The Balaban J connectivity index is 1.13. The number of hydrogen-bond donors (Lipinski definition) is 0. The predicted molar refractivity (Wildman–Crippen MR) is 266 cm³/mol. The van der Waals surface area contributed by atoms with Gasteiger partial charge in [-0.3, -0.25) is 0 Å². The van der Waals surface area contributed by atoms with Gasteiger partial charge in [-0.15, -0.1) is 0 Å². The van der Waals surface area contributed by atoms with Gasteiger partial charge in [-0.2, -0.15) is 0 Å². The van der Waals surface area contributed by atoms with Crippen molar-refractivity contribution in [2.75, 3.05) is 9.80 Å². The molecule has 0 radical (unpaired) electrons. The monoisotopic (exact) mass is 808 g/mol. The summed E-state index contributed by atoms with van der Waals surface area (Å²) in [5, 5.41) is 2.69. The topological polar surface area (TPSA) is 6.48 Å². The van der Waals surface area contributed by atoms with Gasteiger partial charge in [0.15, 0.2) is 0 Å². The van der Waals surface area contributed by atoms with Gasteiger partial charge in [0.25, 0.3) is 0 Å². The summed E-state index contributed by atoms with van der Waals surface area (Å²) in [6.45, 7) is 27.5. The van der Waals surface area contributed by atoms with E-state index >= 15 is 0 Å². The molecule has 0 fully saturated rings. The van der Waals surface area contributed by atoms with Crippen molar-refractivity contribution in [2.45, 2.75) is 107 Å². The van der Waals surface area contributed by atoms with Crippen LogP contribution in [0.1, 0.15) is 110 Å². The Morgan fingerprint density at radius 1 is 0.403 bits per heavy atom. The summed E-state index contributed by atoms with van der Waals surface area (Å²) < 4.78 is 0. The van der Waals surface area contributed by atoms with Crippen LogP contribution in [0.25, 0.3) is 33.0 Å².